The molecule has 0 radical (unpaired) electrons. The summed E-state index contributed by atoms with van der Waals surface area (Å²) in [6.07, 6.45) is 0. The molecular formula is C78H44N6S. The number of benzene rings is 13. The number of para-hydroxylation sites is 6. The molecule has 7 heteroatoms. The minimum atomic E-state index is 0.366. The zero-order valence-corrected chi connectivity index (χ0v) is 46.3. The van der Waals surface area contributed by atoms with Gasteiger partial charge >= 0.3 is 0 Å². The number of hydrogen-bond donors (Lipinski definition) is 0. The van der Waals surface area contributed by atoms with Crippen LogP contribution in [0.1, 0.15) is 11.1 Å². The average Bonchev–Trinajstić information content (AvgIpc) is 2.17. The van der Waals surface area contributed by atoms with Crippen molar-refractivity contribution in [2.45, 2.75) is 0 Å². The molecule has 0 unspecified atom stereocenters. The van der Waals surface area contributed by atoms with Gasteiger partial charge in [-0.15, -0.1) is 11.3 Å². The van der Waals surface area contributed by atoms with Crippen LogP contribution in [-0.2, 0) is 0 Å². The fourth-order valence-electron chi connectivity index (χ4n) is 14.5. The van der Waals surface area contributed by atoms with Crippen LogP contribution in [0.25, 0.3) is 163 Å². The van der Waals surface area contributed by atoms with Crippen molar-refractivity contribution in [2.24, 2.45) is 0 Å². The van der Waals surface area contributed by atoms with Gasteiger partial charge in [0.15, 0.2) is 0 Å². The number of thiophene rings is 1. The summed E-state index contributed by atoms with van der Waals surface area (Å²) in [6.45, 7) is 0. The standard InChI is InChI=1S/C78H44N6S/c79-45-61-73(81-63-35-11-4-25-50(63)51-26-5-12-36-64(51)81)62(46-80)75(83-67-39-15-8-29-54(67)55-30-9-16-40-68(55)83)77(74(61)82-65-37-13-6-27-52(65)53-28-7-14-38-66(53)82)84-69-41-20-34-58(57-33-19-24-48-23-18-32-49(71(48)57)47-21-2-1-3-22-47)72(69)60-44-43-59-56-31-10-17-42-70(56)85-78(59)76(60)84/h1-44H. The van der Waals surface area contributed by atoms with Crippen molar-refractivity contribution >= 4 is 130 Å². The van der Waals surface area contributed by atoms with Gasteiger partial charge in [0.05, 0.1) is 71.6 Å². The Balaban J connectivity index is 1.15. The molecule has 0 saturated carbocycles. The molecule has 6 nitrogen and oxygen atoms in total. The molecule has 85 heavy (non-hydrogen) atoms. The molecule has 0 amide bonds. The van der Waals surface area contributed by atoms with E-state index in [0.717, 1.165) is 125 Å². The van der Waals surface area contributed by atoms with Crippen LogP contribution in [0.2, 0.25) is 0 Å². The summed E-state index contributed by atoms with van der Waals surface area (Å²) >= 11 is 1.79. The molecule has 13 aromatic carbocycles. The van der Waals surface area contributed by atoms with E-state index in [9.17, 15) is 10.5 Å². The SMILES string of the molecule is N#Cc1c(-n2c3ccccc3c3ccccc32)c(C#N)c(-n2c3ccccc3c3ccccc32)c(-n2c3cccc(-c4cccc5cccc(-c6ccccc6)c45)c3c3ccc4c5ccccc5sc4c32)c1-n1c2ccccc2c2ccccc21. The largest absolute Gasteiger partial charge is 0.306 e. The van der Waals surface area contributed by atoms with E-state index in [1.54, 1.807) is 11.3 Å². The van der Waals surface area contributed by atoms with E-state index in [1.165, 1.54) is 15.5 Å². The molecule has 5 aromatic heterocycles. The van der Waals surface area contributed by atoms with Crippen molar-refractivity contribution in [3.63, 3.8) is 0 Å². The van der Waals surface area contributed by atoms with Crippen LogP contribution in [-0.4, -0.2) is 18.3 Å². The van der Waals surface area contributed by atoms with Gasteiger partial charge in [-0.1, -0.05) is 218 Å². The molecule has 5 heterocycles. The van der Waals surface area contributed by atoms with Crippen LogP contribution in [0.3, 0.4) is 0 Å². The van der Waals surface area contributed by atoms with Crippen molar-refractivity contribution in [3.05, 3.63) is 278 Å². The topological polar surface area (TPSA) is 67.3 Å². The van der Waals surface area contributed by atoms with Crippen LogP contribution in [0, 0.1) is 22.7 Å². The lowest BCUT2D eigenvalue weighted by Gasteiger charge is -2.27. The maximum Gasteiger partial charge on any atom is 0.104 e. The van der Waals surface area contributed by atoms with Gasteiger partial charge in [0, 0.05) is 58.6 Å². The normalized spacial score (nSPS) is 12.0. The highest BCUT2D eigenvalue weighted by molar-refractivity contribution is 7.26. The molecule has 0 aliphatic heterocycles. The van der Waals surface area contributed by atoms with E-state index in [4.69, 9.17) is 0 Å². The molecule has 392 valence electrons. The summed E-state index contributed by atoms with van der Waals surface area (Å²) in [4.78, 5) is 0. The average molecular weight is 1100 g/mol. The van der Waals surface area contributed by atoms with Gasteiger partial charge in [0.1, 0.15) is 23.3 Å². The van der Waals surface area contributed by atoms with E-state index in [2.05, 4.69) is 297 Å². The van der Waals surface area contributed by atoms with Gasteiger partial charge in [-0.3, -0.25) is 0 Å². The number of fused-ring (bicyclic) bond motifs is 17. The minimum absolute atomic E-state index is 0.366. The molecule has 0 N–H and O–H groups in total. The van der Waals surface area contributed by atoms with Gasteiger partial charge in [-0.25, -0.2) is 0 Å². The van der Waals surface area contributed by atoms with Crippen molar-refractivity contribution in [1.82, 2.24) is 18.3 Å². The Kier molecular flexibility index (Phi) is 10.00. The minimum Gasteiger partial charge on any atom is -0.306 e. The Morgan fingerprint density at radius 1 is 0.271 bits per heavy atom. The summed E-state index contributed by atoms with van der Waals surface area (Å²) < 4.78 is 11.6. The number of nitriles is 2. The second-order valence-corrected chi connectivity index (χ2v) is 23.1. The van der Waals surface area contributed by atoms with Crippen molar-refractivity contribution in [2.75, 3.05) is 0 Å². The summed E-state index contributed by atoms with van der Waals surface area (Å²) in [5.41, 5.74) is 15.2. The lowest BCUT2D eigenvalue weighted by Crippen LogP contribution is -2.17. The second kappa shape index (κ2) is 18.0. The first-order valence-corrected chi connectivity index (χ1v) is 29.5. The Morgan fingerprint density at radius 3 is 1.15 bits per heavy atom. The first-order valence-electron chi connectivity index (χ1n) is 28.6. The van der Waals surface area contributed by atoms with Gasteiger partial charge in [-0.2, -0.15) is 10.5 Å². The third-order valence-electron chi connectivity index (χ3n) is 17.8. The van der Waals surface area contributed by atoms with Gasteiger partial charge < -0.3 is 18.3 Å². The fraction of sp³-hybridized carbons (Fsp3) is 0. The summed E-state index contributed by atoms with van der Waals surface area (Å²) in [7, 11) is 0. The quantitative estimate of drug-likeness (QED) is 0.166. The zero-order valence-electron chi connectivity index (χ0n) is 45.5. The van der Waals surface area contributed by atoms with Gasteiger partial charge in [-0.05, 0) is 81.6 Å². The van der Waals surface area contributed by atoms with E-state index < -0.39 is 0 Å². The molecular weight excluding hydrogens is 1050 g/mol. The third-order valence-corrected chi connectivity index (χ3v) is 19.0. The lowest BCUT2D eigenvalue weighted by molar-refractivity contribution is 1.02. The molecule has 0 atom stereocenters. The second-order valence-electron chi connectivity index (χ2n) is 22.0. The van der Waals surface area contributed by atoms with E-state index in [1.807, 2.05) is 0 Å². The number of nitrogens with zero attached hydrogens (tertiary/aromatic N) is 6. The Hall–Kier alpha value is -11.5. The highest BCUT2D eigenvalue weighted by Crippen LogP contribution is 2.53. The zero-order chi connectivity index (χ0) is 56.0. The summed E-state index contributed by atoms with van der Waals surface area (Å²) in [6, 6.07) is 101. The van der Waals surface area contributed by atoms with Gasteiger partial charge in [0.25, 0.3) is 0 Å². The first kappa shape index (κ1) is 47.2. The van der Waals surface area contributed by atoms with Crippen molar-refractivity contribution in [3.8, 4) is 57.1 Å². The highest BCUT2D eigenvalue weighted by Gasteiger charge is 2.35. The molecule has 0 aliphatic rings. The van der Waals surface area contributed by atoms with E-state index in [0.29, 0.717) is 33.9 Å². The maximum atomic E-state index is 12.8. The summed E-state index contributed by atoms with van der Waals surface area (Å²) in [5, 5.41) is 38.6. The highest BCUT2D eigenvalue weighted by atomic mass is 32.1. The predicted octanol–water partition coefficient (Wildman–Crippen LogP) is 20.7. The Morgan fingerprint density at radius 2 is 0.659 bits per heavy atom. The van der Waals surface area contributed by atoms with Crippen LogP contribution in [0.4, 0.5) is 0 Å². The van der Waals surface area contributed by atoms with Crippen LogP contribution < -0.4 is 0 Å². The monoisotopic (exact) mass is 1100 g/mol. The third kappa shape index (κ3) is 6.45. The summed E-state index contributed by atoms with van der Waals surface area (Å²) in [5.74, 6) is 0. The molecule has 0 saturated heterocycles. The van der Waals surface area contributed by atoms with Crippen molar-refractivity contribution in [1.29, 1.82) is 10.5 Å². The Labute approximate surface area is 490 Å². The lowest BCUT2D eigenvalue weighted by atomic mass is 9.90. The van der Waals surface area contributed by atoms with Crippen LogP contribution >= 0.6 is 11.3 Å². The van der Waals surface area contributed by atoms with Crippen LogP contribution in [0.5, 0.6) is 0 Å². The maximum absolute atomic E-state index is 12.8. The molecule has 0 bridgehead atoms. The fourth-order valence-corrected chi connectivity index (χ4v) is 15.7. The molecule has 0 aliphatic carbocycles. The van der Waals surface area contributed by atoms with Crippen LogP contribution in [0.15, 0.2) is 267 Å². The molecule has 0 spiro atoms. The van der Waals surface area contributed by atoms with E-state index >= 15 is 0 Å². The molecule has 18 aromatic rings. The first-order chi connectivity index (χ1) is 42.2. The number of aromatic nitrogens is 4. The molecule has 18 rings (SSSR count). The van der Waals surface area contributed by atoms with Crippen molar-refractivity contribution < 1.29 is 0 Å². The Bertz CT molecular complexity index is 5690. The smallest absolute Gasteiger partial charge is 0.104 e. The molecule has 0 fully saturated rings. The van der Waals surface area contributed by atoms with E-state index in [-0.39, 0.29) is 0 Å². The number of rotatable bonds is 6. The van der Waals surface area contributed by atoms with Gasteiger partial charge in [0.2, 0.25) is 0 Å². The predicted molar refractivity (Wildman–Crippen MR) is 354 cm³/mol. The number of hydrogen-bond acceptors (Lipinski definition) is 3.